The Balaban J connectivity index is 1.72. The summed E-state index contributed by atoms with van der Waals surface area (Å²) in [6.45, 7) is 2.81. The summed E-state index contributed by atoms with van der Waals surface area (Å²) in [7, 11) is -2.40. The number of benzene rings is 1. The van der Waals surface area contributed by atoms with Crippen molar-refractivity contribution < 1.29 is 22.7 Å². The molecule has 0 radical (unpaired) electrons. The second kappa shape index (κ2) is 8.65. The van der Waals surface area contributed by atoms with Gasteiger partial charge in [-0.25, -0.2) is 13.2 Å². The molecule has 1 saturated heterocycles. The number of ether oxygens (including phenoxy) is 1. The van der Waals surface area contributed by atoms with Crippen LogP contribution in [0.4, 0.5) is 0 Å². The van der Waals surface area contributed by atoms with Crippen molar-refractivity contribution in [3.8, 4) is 0 Å². The van der Waals surface area contributed by atoms with Crippen molar-refractivity contribution in [3.63, 3.8) is 0 Å². The van der Waals surface area contributed by atoms with E-state index in [4.69, 9.17) is 4.74 Å². The Kier molecular flexibility index (Phi) is 6.11. The summed E-state index contributed by atoms with van der Waals surface area (Å²) in [6, 6.07) is 7.60. The lowest BCUT2D eigenvalue weighted by Crippen LogP contribution is -2.40. The summed E-state index contributed by atoms with van der Waals surface area (Å²) in [6.07, 6.45) is 1.05. The minimum atomic E-state index is -3.72. The molecule has 1 aliphatic heterocycles. The number of methoxy groups -OCH3 is 1. The highest BCUT2D eigenvalue weighted by molar-refractivity contribution is 7.91. The smallest absolute Gasteiger partial charge is 0.337 e. The number of carbonyl (C=O) groups is 2. The average molecular weight is 480 g/mol. The van der Waals surface area contributed by atoms with Crippen molar-refractivity contribution in [2.75, 3.05) is 13.7 Å². The molecule has 0 spiro atoms. The first-order valence-electron chi connectivity index (χ1n) is 9.72. The van der Waals surface area contributed by atoms with Crippen LogP contribution in [0.3, 0.4) is 0 Å². The first-order valence-corrected chi connectivity index (χ1v) is 12.9. The van der Waals surface area contributed by atoms with Crippen molar-refractivity contribution in [1.82, 2.24) is 8.87 Å². The molecule has 0 saturated carbocycles. The van der Waals surface area contributed by atoms with Gasteiger partial charge in [0.25, 0.3) is 15.9 Å². The quantitative estimate of drug-likeness (QED) is 0.524. The van der Waals surface area contributed by atoms with Crippen LogP contribution in [0, 0.1) is 0 Å². The highest BCUT2D eigenvalue weighted by Crippen LogP contribution is 2.29. The molecule has 0 N–H and O–H groups in total. The number of hydrogen-bond donors (Lipinski definition) is 0. The molecule has 0 aliphatic carbocycles. The third-order valence-corrected chi connectivity index (χ3v) is 9.50. The zero-order chi connectivity index (χ0) is 22.2. The minimum Gasteiger partial charge on any atom is -0.465 e. The largest absolute Gasteiger partial charge is 0.465 e. The molecule has 0 bridgehead atoms. The molecule has 3 aromatic rings. The summed E-state index contributed by atoms with van der Waals surface area (Å²) < 4.78 is 34.9. The molecule has 1 fully saturated rings. The predicted molar refractivity (Wildman–Crippen MR) is 119 cm³/mol. The monoisotopic (exact) mass is 479 g/mol. The van der Waals surface area contributed by atoms with Crippen molar-refractivity contribution in [3.05, 3.63) is 46.1 Å². The molecule has 1 aliphatic rings. The lowest BCUT2D eigenvalue weighted by atomic mass is 10.2. The van der Waals surface area contributed by atoms with E-state index < -0.39 is 27.9 Å². The third-order valence-electron chi connectivity index (χ3n) is 5.17. The molecule has 4 rings (SSSR count). The van der Waals surface area contributed by atoms with Gasteiger partial charge in [0.1, 0.15) is 10.3 Å². The van der Waals surface area contributed by atoms with Crippen molar-refractivity contribution in [2.45, 2.75) is 36.6 Å². The highest BCUT2D eigenvalue weighted by Gasteiger charge is 2.39. The molecule has 1 aromatic carbocycles. The normalized spacial score (nSPS) is 18.0. The van der Waals surface area contributed by atoms with Gasteiger partial charge in [0, 0.05) is 13.1 Å². The van der Waals surface area contributed by atoms with Crippen molar-refractivity contribution >= 4 is 54.8 Å². The Morgan fingerprint density at radius 3 is 2.77 bits per heavy atom. The Morgan fingerprint density at radius 2 is 2.10 bits per heavy atom. The minimum absolute atomic E-state index is 0.230. The summed E-state index contributed by atoms with van der Waals surface area (Å²) in [5, 5.41) is 1.70. The number of rotatable bonds is 5. The molecular formula is C20H21N3O5S3. The van der Waals surface area contributed by atoms with Crippen LogP contribution in [0.2, 0.25) is 0 Å². The maximum absolute atomic E-state index is 13.1. The van der Waals surface area contributed by atoms with Crippen LogP contribution in [-0.4, -0.2) is 48.9 Å². The molecule has 1 amide bonds. The molecule has 3 heterocycles. The summed E-state index contributed by atoms with van der Waals surface area (Å²) in [5.41, 5.74) is 1.27. The van der Waals surface area contributed by atoms with Crippen LogP contribution < -0.4 is 4.80 Å². The topological polar surface area (TPSA) is 98.0 Å². The second-order valence-electron chi connectivity index (χ2n) is 6.96. The maximum Gasteiger partial charge on any atom is 0.337 e. The molecule has 164 valence electrons. The van der Waals surface area contributed by atoms with Gasteiger partial charge in [-0.3, -0.25) is 4.79 Å². The van der Waals surface area contributed by atoms with Crippen LogP contribution in [0.1, 0.15) is 30.1 Å². The zero-order valence-corrected chi connectivity index (χ0v) is 19.4. The Bertz CT molecular complexity index is 1310. The molecule has 1 atom stereocenters. The van der Waals surface area contributed by atoms with Gasteiger partial charge in [-0.1, -0.05) is 17.4 Å². The van der Waals surface area contributed by atoms with E-state index in [9.17, 15) is 18.0 Å². The number of fused-ring (bicyclic) bond motifs is 1. The third kappa shape index (κ3) is 3.98. The van der Waals surface area contributed by atoms with E-state index in [-0.39, 0.29) is 4.21 Å². The second-order valence-corrected chi connectivity index (χ2v) is 11.0. The van der Waals surface area contributed by atoms with Crippen LogP contribution in [0.5, 0.6) is 0 Å². The molecule has 8 nitrogen and oxygen atoms in total. The number of aryl methyl sites for hydroxylation is 1. The molecule has 0 unspecified atom stereocenters. The molecule has 31 heavy (non-hydrogen) atoms. The summed E-state index contributed by atoms with van der Waals surface area (Å²) >= 11 is 2.42. The number of carbonyl (C=O) groups excluding carboxylic acids is 2. The van der Waals surface area contributed by atoms with Crippen molar-refractivity contribution in [2.24, 2.45) is 4.99 Å². The number of aromatic nitrogens is 1. The van der Waals surface area contributed by atoms with Crippen LogP contribution in [0.15, 0.2) is 44.9 Å². The zero-order valence-electron chi connectivity index (χ0n) is 17.0. The maximum atomic E-state index is 13.1. The fraction of sp³-hybridized carbons (Fsp3) is 0.350. The fourth-order valence-electron chi connectivity index (χ4n) is 3.68. The van der Waals surface area contributed by atoms with Gasteiger partial charge in [-0.05, 0) is 49.4 Å². The lowest BCUT2D eigenvalue weighted by Gasteiger charge is -2.20. The Hall–Kier alpha value is -2.34. The number of thiazole rings is 1. The standard InChI is InChI=1S/C20H21N3O5S3/c1-3-22-14-9-8-13(19(25)28-2)12-16(14)30-20(22)21-18(24)15-6-4-10-23(15)31(26,27)17-7-5-11-29-17/h5,7-9,11-12,15H,3-4,6,10H2,1-2H3/t15-/m0/s1. The number of esters is 1. The van der Waals surface area contributed by atoms with Crippen LogP contribution in [0.25, 0.3) is 10.2 Å². The number of hydrogen-bond acceptors (Lipinski definition) is 7. The SMILES string of the molecule is CCn1c(=NC(=O)[C@@H]2CCCN2S(=O)(=O)c2cccs2)sc2cc(C(=O)OC)ccc21. The number of thiophene rings is 1. The van der Waals surface area contributed by atoms with E-state index in [0.29, 0.717) is 36.3 Å². The van der Waals surface area contributed by atoms with Gasteiger partial charge in [0.05, 0.1) is 22.9 Å². The van der Waals surface area contributed by atoms with Gasteiger partial charge < -0.3 is 9.30 Å². The van der Waals surface area contributed by atoms with E-state index in [2.05, 4.69) is 4.99 Å². The summed E-state index contributed by atoms with van der Waals surface area (Å²) in [4.78, 5) is 29.7. The molecule has 11 heteroatoms. The molecule has 2 aromatic heterocycles. The fourth-order valence-corrected chi connectivity index (χ4v) is 7.59. The number of amides is 1. The van der Waals surface area contributed by atoms with Crippen LogP contribution in [-0.2, 0) is 26.1 Å². The van der Waals surface area contributed by atoms with Gasteiger partial charge in [0.15, 0.2) is 4.80 Å². The van der Waals surface area contributed by atoms with Crippen molar-refractivity contribution in [1.29, 1.82) is 0 Å². The van der Waals surface area contributed by atoms with Crippen LogP contribution >= 0.6 is 22.7 Å². The summed E-state index contributed by atoms with van der Waals surface area (Å²) in [5.74, 6) is -0.909. The first kappa shape index (κ1) is 21.9. The van der Waals surface area contributed by atoms with Gasteiger partial charge in [0.2, 0.25) is 0 Å². The predicted octanol–water partition coefficient (Wildman–Crippen LogP) is 2.85. The van der Waals surface area contributed by atoms with E-state index in [1.807, 2.05) is 11.5 Å². The van der Waals surface area contributed by atoms with E-state index >= 15 is 0 Å². The van der Waals surface area contributed by atoms with Gasteiger partial charge in [-0.15, -0.1) is 11.3 Å². The van der Waals surface area contributed by atoms with E-state index in [0.717, 1.165) is 21.6 Å². The highest BCUT2D eigenvalue weighted by atomic mass is 32.2. The lowest BCUT2D eigenvalue weighted by molar-refractivity contribution is -0.121. The van der Waals surface area contributed by atoms with Gasteiger partial charge >= 0.3 is 5.97 Å². The molecular weight excluding hydrogens is 458 g/mol. The Labute approximate surface area is 187 Å². The number of nitrogens with zero attached hydrogens (tertiary/aromatic N) is 3. The number of sulfonamides is 1. The van der Waals surface area contributed by atoms with Gasteiger partial charge in [-0.2, -0.15) is 9.30 Å². The first-order chi connectivity index (χ1) is 14.9. The Morgan fingerprint density at radius 1 is 1.29 bits per heavy atom. The van der Waals surface area contributed by atoms with E-state index in [1.165, 1.54) is 22.8 Å². The average Bonchev–Trinajstić information content (AvgIpc) is 3.52. The van der Waals surface area contributed by atoms with E-state index in [1.54, 1.807) is 35.7 Å².